The summed E-state index contributed by atoms with van der Waals surface area (Å²) in [7, 11) is 0. The van der Waals surface area contributed by atoms with Crippen LogP contribution in [0.1, 0.15) is 46.1 Å². The Morgan fingerprint density at radius 2 is 1.82 bits per heavy atom. The highest BCUT2D eigenvalue weighted by molar-refractivity contribution is 5.91. The highest BCUT2D eigenvalue weighted by atomic mass is 16.2. The van der Waals surface area contributed by atoms with Crippen LogP contribution in [0.3, 0.4) is 0 Å². The van der Waals surface area contributed by atoms with Gasteiger partial charge in [-0.1, -0.05) is 69.7 Å². The second-order valence-corrected chi connectivity index (χ2v) is 11.1. The minimum Gasteiger partial charge on any atom is -0.337 e. The van der Waals surface area contributed by atoms with Crippen molar-refractivity contribution in [1.29, 1.82) is 0 Å². The molecule has 2 atom stereocenters. The van der Waals surface area contributed by atoms with Crippen molar-refractivity contribution < 1.29 is 9.59 Å². The number of hydrogen-bond acceptors (Lipinski definition) is 3. The Labute approximate surface area is 205 Å². The zero-order valence-corrected chi connectivity index (χ0v) is 21.4. The summed E-state index contributed by atoms with van der Waals surface area (Å²) < 4.78 is 0. The van der Waals surface area contributed by atoms with E-state index in [9.17, 15) is 9.59 Å². The summed E-state index contributed by atoms with van der Waals surface area (Å²) in [5.74, 6) is 1.78. The van der Waals surface area contributed by atoms with Crippen LogP contribution in [0.15, 0.2) is 48.1 Å². The number of amides is 2. The SMILES string of the molecule is CC(C)C(=O)N(CCN1CCN(C(=O)/C=C/c2ccccc2)CC1)CC1=CCC2CC1C2(C)C. The molecular formula is C29H41N3O2. The molecule has 0 radical (unpaired) electrons. The lowest BCUT2D eigenvalue weighted by molar-refractivity contribution is -0.134. The number of fused-ring (bicyclic) bond motifs is 1. The van der Waals surface area contributed by atoms with E-state index in [4.69, 9.17) is 0 Å². The van der Waals surface area contributed by atoms with Gasteiger partial charge in [0.15, 0.2) is 0 Å². The van der Waals surface area contributed by atoms with Gasteiger partial charge in [-0.05, 0) is 41.7 Å². The molecule has 2 fully saturated rings. The molecule has 3 aliphatic carbocycles. The van der Waals surface area contributed by atoms with E-state index in [-0.39, 0.29) is 17.7 Å². The van der Waals surface area contributed by atoms with Gasteiger partial charge in [-0.15, -0.1) is 0 Å². The number of carbonyl (C=O) groups is 2. The van der Waals surface area contributed by atoms with Crippen LogP contribution in [0.4, 0.5) is 0 Å². The van der Waals surface area contributed by atoms with Crippen molar-refractivity contribution in [3.05, 3.63) is 53.6 Å². The van der Waals surface area contributed by atoms with Gasteiger partial charge in [0, 0.05) is 57.8 Å². The zero-order valence-electron chi connectivity index (χ0n) is 21.4. The summed E-state index contributed by atoms with van der Waals surface area (Å²) in [6, 6.07) is 9.93. The first-order chi connectivity index (χ1) is 16.3. The average Bonchev–Trinajstić information content (AvgIpc) is 2.85. The molecule has 1 aromatic carbocycles. The number of hydrogen-bond donors (Lipinski definition) is 0. The molecule has 1 aromatic rings. The van der Waals surface area contributed by atoms with Crippen LogP contribution in [0.25, 0.3) is 6.08 Å². The minimum absolute atomic E-state index is 0.0113. The standard InChI is InChI=1S/C29H41N3O2/c1-22(2)28(34)32(21-24-11-12-25-20-26(24)29(25,3)4)19-16-30-14-17-31(18-15-30)27(33)13-10-23-8-6-5-7-9-23/h5-11,13,22,25-26H,12,14-21H2,1-4H3/b13-10+. The van der Waals surface area contributed by atoms with E-state index in [1.807, 2.05) is 55.2 Å². The van der Waals surface area contributed by atoms with Crippen LogP contribution in [0.5, 0.6) is 0 Å². The van der Waals surface area contributed by atoms with Gasteiger partial charge in [0.1, 0.15) is 0 Å². The fourth-order valence-corrected chi connectivity index (χ4v) is 5.80. The Morgan fingerprint density at radius 1 is 1.12 bits per heavy atom. The summed E-state index contributed by atoms with van der Waals surface area (Å²) >= 11 is 0. The van der Waals surface area contributed by atoms with Gasteiger partial charge in [-0.3, -0.25) is 14.5 Å². The van der Waals surface area contributed by atoms with Crippen LogP contribution in [-0.2, 0) is 9.59 Å². The van der Waals surface area contributed by atoms with E-state index >= 15 is 0 Å². The van der Waals surface area contributed by atoms with Gasteiger partial charge in [-0.2, -0.15) is 0 Å². The molecule has 1 saturated carbocycles. The Kier molecular flexibility index (Phi) is 7.61. The third-order valence-corrected chi connectivity index (χ3v) is 8.35. The van der Waals surface area contributed by atoms with Crippen LogP contribution in [-0.4, -0.2) is 72.3 Å². The summed E-state index contributed by atoms with van der Waals surface area (Å²) in [6.07, 6.45) is 8.43. The van der Waals surface area contributed by atoms with Crippen LogP contribution < -0.4 is 0 Å². The fraction of sp³-hybridized carbons (Fsp3) is 0.586. The molecule has 4 aliphatic rings. The molecule has 184 valence electrons. The second kappa shape index (κ2) is 10.5. The number of rotatable bonds is 8. The smallest absolute Gasteiger partial charge is 0.246 e. The highest BCUT2D eigenvalue weighted by Crippen LogP contribution is 2.59. The molecule has 5 heteroatoms. The number of allylic oxidation sites excluding steroid dienone is 1. The predicted molar refractivity (Wildman–Crippen MR) is 138 cm³/mol. The van der Waals surface area contributed by atoms with Gasteiger partial charge in [0.05, 0.1) is 0 Å². The molecule has 34 heavy (non-hydrogen) atoms. The van der Waals surface area contributed by atoms with Crippen LogP contribution >= 0.6 is 0 Å². The summed E-state index contributed by atoms with van der Waals surface area (Å²) in [4.78, 5) is 32.0. The molecule has 0 aromatic heterocycles. The largest absolute Gasteiger partial charge is 0.337 e. The third-order valence-electron chi connectivity index (χ3n) is 8.35. The van der Waals surface area contributed by atoms with Gasteiger partial charge in [-0.25, -0.2) is 0 Å². The average molecular weight is 464 g/mol. The molecule has 1 heterocycles. The van der Waals surface area contributed by atoms with Crippen LogP contribution in [0, 0.1) is 23.2 Å². The van der Waals surface area contributed by atoms with Crippen LogP contribution in [0.2, 0.25) is 0 Å². The first-order valence-electron chi connectivity index (χ1n) is 13.0. The van der Waals surface area contributed by atoms with E-state index in [1.54, 1.807) is 6.08 Å². The Balaban J connectivity index is 1.27. The Morgan fingerprint density at radius 3 is 2.44 bits per heavy atom. The lowest BCUT2D eigenvalue weighted by atomic mass is 9.49. The summed E-state index contributed by atoms with van der Waals surface area (Å²) in [5.41, 5.74) is 2.90. The van der Waals surface area contributed by atoms with Crippen molar-refractivity contribution in [3.8, 4) is 0 Å². The van der Waals surface area contributed by atoms with E-state index in [0.717, 1.165) is 63.7 Å². The van der Waals surface area contributed by atoms with Gasteiger partial charge < -0.3 is 9.80 Å². The summed E-state index contributed by atoms with van der Waals surface area (Å²) in [6.45, 7) is 14.4. The van der Waals surface area contributed by atoms with Crippen molar-refractivity contribution in [2.75, 3.05) is 45.8 Å². The minimum atomic E-state index is 0.0113. The highest BCUT2D eigenvalue weighted by Gasteiger charge is 2.51. The zero-order chi connectivity index (χ0) is 24.3. The van der Waals surface area contributed by atoms with Crippen molar-refractivity contribution in [2.24, 2.45) is 23.2 Å². The van der Waals surface area contributed by atoms with Crippen molar-refractivity contribution in [1.82, 2.24) is 14.7 Å². The number of nitrogens with zero attached hydrogens (tertiary/aromatic N) is 3. The molecule has 5 nitrogen and oxygen atoms in total. The number of carbonyl (C=O) groups excluding carboxylic acids is 2. The van der Waals surface area contributed by atoms with Crippen molar-refractivity contribution in [3.63, 3.8) is 0 Å². The molecule has 2 unspecified atom stereocenters. The lowest BCUT2D eigenvalue weighted by Gasteiger charge is -2.57. The number of benzene rings is 1. The number of piperazine rings is 1. The maximum atomic E-state index is 13.0. The maximum Gasteiger partial charge on any atom is 0.246 e. The predicted octanol–water partition coefficient (Wildman–Crippen LogP) is 4.32. The van der Waals surface area contributed by atoms with E-state index in [2.05, 4.69) is 29.7 Å². The topological polar surface area (TPSA) is 43.9 Å². The maximum absolute atomic E-state index is 13.0. The van der Waals surface area contributed by atoms with Gasteiger partial charge in [0.2, 0.25) is 11.8 Å². The monoisotopic (exact) mass is 463 g/mol. The van der Waals surface area contributed by atoms with Gasteiger partial charge in [0.25, 0.3) is 0 Å². The Bertz CT molecular complexity index is 926. The molecule has 2 amide bonds. The summed E-state index contributed by atoms with van der Waals surface area (Å²) in [5, 5.41) is 0. The molecular weight excluding hydrogens is 422 g/mol. The van der Waals surface area contributed by atoms with Gasteiger partial charge >= 0.3 is 0 Å². The first kappa shape index (κ1) is 24.7. The quantitative estimate of drug-likeness (QED) is 0.426. The lowest BCUT2D eigenvalue weighted by Crippen LogP contribution is -2.52. The fourth-order valence-electron chi connectivity index (χ4n) is 5.80. The van der Waals surface area contributed by atoms with Crippen molar-refractivity contribution in [2.45, 2.75) is 40.5 Å². The van der Waals surface area contributed by atoms with E-state index in [0.29, 0.717) is 11.3 Å². The van der Waals surface area contributed by atoms with Crippen molar-refractivity contribution >= 4 is 17.9 Å². The normalized spacial score (nSPS) is 24.1. The molecule has 2 bridgehead atoms. The molecule has 1 aliphatic heterocycles. The van der Waals surface area contributed by atoms with E-state index < -0.39 is 0 Å². The molecule has 5 rings (SSSR count). The molecule has 1 saturated heterocycles. The van der Waals surface area contributed by atoms with E-state index in [1.165, 1.54) is 12.0 Å². The molecule has 0 N–H and O–H groups in total. The Hall–Kier alpha value is -2.40. The first-order valence-corrected chi connectivity index (χ1v) is 13.0. The third kappa shape index (κ3) is 5.46. The second-order valence-electron chi connectivity index (χ2n) is 11.1. The molecule has 0 spiro atoms.